The number of nitrogens with one attached hydrogen (secondary N) is 1. The van der Waals surface area contributed by atoms with E-state index < -0.39 is 0 Å². The lowest BCUT2D eigenvalue weighted by Gasteiger charge is -2.13. The quantitative estimate of drug-likeness (QED) is 0.397. The molecule has 1 aromatic heterocycles. The summed E-state index contributed by atoms with van der Waals surface area (Å²) in [4.78, 5) is 12.3. The average Bonchev–Trinajstić information content (AvgIpc) is 3.07. The molecule has 2 aromatic carbocycles. The van der Waals surface area contributed by atoms with Crippen LogP contribution >= 0.6 is 35.0 Å². The van der Waals surface area contributed by atoms with E-state index in [1.807, 2.05) is 25.1 Å². The Morgan fingerprint density at radius 1 is 1.21 bits per heavy atom. The molecule has 1 unspecified atom stereocenters. The summed E-state index contributed by atoms with van der Waals surface area (Å²) < 4.78 is 1.31. The number of carbonyl (C=O) groups is 1. The number of halogens is 2. The molecule has 0 spiro atoms. The number of thioether (sulfide) groups is 1. The first-order chi connectivity index (χ1) is 13.9. The molecule has 0 bridgehead atoms. The molecule has 3 rings (SSSR count). The molecular weight excluding hydrogens is 429 g/mol. The number of nitrogen functional groups attached to an aromatic ring is 1. The number of carbonyl (C=O) groups excluding carboxylic acids is 1. The SMILES string of the molecule is CC(CCc1ccccc1)NC(=O)CSc1nnc(-c2cc(Cl)ccc2Cl)n1N. The number of amides is 1. The topological polar surface area (TPSA) is 85.8 Å². The fourth-order valence-corrected chi connectivity index (χ4v) is 3.82. The summed E-state index contributed by atoms with van der Waals surface area (Å²) in [5.41, 5.74) is 1.84. The van der Waals surface area contributed by atoms with E-state index in [0.29, 0.717) is 26.6 Å². The number of benzene rings is 2. The van der Waals surface area contributed by atoms with E-state index in [-0.39, 0.29) is 17.7 Å². The van der Waals surface area contributed by atoms with Crippen molar-refractivity contribution in [2.24, 2.45) is 0 Å². The average molecular weight is 450 g/mol. The van der Waals surface area contributed by atoms with Gasteiger partial charge in [0.2, 0.25) is 11.1 Å². The summed E-state index contributed by atoms with van der Waals surface area (Å²) in [6.45, 7) is 2.00. The van der Waals surface area contributed by atoms with Crippen molar-refractivity contribution < 1.29 is 4.79 Å². The van der Waals surface area contributed by atoms with Gasteiger partial charge in [-0.2, -0.15) is 0 Å². The van der Waals surface area contributed by atoms with E-state index in [1.165, 1.54) is 22.0 Å². The molecule has 0 fully saturated rings. The molecule has 0 radical (unpaired) electrons. The van der Waals surface area contributed by atoms with Crippen LogP contribution in [0.4, 0.5) is 0 Å². The van der Waals surface area contributed by atoms with Gasteiger partial charge in [0, 0.05) is 16.6 Å². The molecule has 29 heavy (non-hydrogen) atoms. The maximum atomic E-state index is 12.3. The number of aryl methyl sites for hydroxylation is 1. The minimum Gasteiger partial charge on any atom is -0.353 e. The molecule has 1 heterocycles. The Kier molecular flexibility index (Phi) is 7.41. The van der Waals surface area contributed by atoms with Gasteiger partial charge >= 0.3 is 0 Å². The summed E-state index contributed by atoms with van der Waals surface area (Å²) in [6.07, 6.45) is 1.78. The Balaban J connectivity index is 1.53. The van der Waals surface area contributed by atoms with E-state index in [2.05, 4.69) is 27.6 Å². The second-order valence-corrected chi connectivity index (χ2v) is 8.37. The van der Waals surface area contributed by atoms with Gasteiger partial charge in [0.1, 0.15) is 0 Å². The smallest absolute Gasteiger partial charge is 0.230 e. The highest BCUT2D eigenvalue weighted by molar-refractivity contribution is 7.99. The van der Waals surface area contributed by atoms with Crippen molar-refractivity contribution in [2.75, 3.05) is 11.6 Å². The lowest BCUT2D eigenvalue weighted by Crippen LogP contribution is -2.34. The van der Waals surface area contributed by atoms with Crippen LogP contribution in [-0.4, -0.2) is 32.6 Å². The maximum Gasteiger partial charge on any atom is 0.230 e. The first-order valence-electron chi connectivity index (χ1n) is 9.06. The van der Waals surface area contributed by atoms with Crippen molar-refractivity contribution in [3.05, 3.63) is 64.1 Å². The number of hydrogen-bond donors (Lipinski definition) is 2. The summed E-state index contributed by atoms with van der Waals surface area (Å²) in [5, 5.41) is 12.5. The van der Waals surface area contributed by atoms with E-state index >= 15 is 0 Å². The van der Waals surface area contributed by atoms with Crippen molar-refractivity contribution in [1.82, 2.24) is 20.2 Å². The summed E-state index contributed by atoms with van der Waals surface area (Å²) >= 11 is 13.4. The van der Waals surface area contributed by atoms with E-state index in [1.54, 1.807) is 18.2 Å². The number of aromatic nitrogens is 3. The second-order valence-electron chi connectivity index (χ2n) is 6.58. The van der Waals surface area contributed by atoms with Gasteiger partial charge in [0.05, 0.1) is 10.8 Å². The lowest BCUT2D eigenvalue weighted by atomic mass is 10.1. The lowest BCUT2D eigenvalue weighted by molar-refractivity contribution is -0.119. The van der Waals surface area contributed by atoms with Crippen LogP contribution in [0.3, 0.4) is 0 Å². The minimum absolute atomic E-state index is 0.0693. The summed E-state index contributed by atoms with van der Waals surface area (Å²) in [5.74, 6) is 6.58. The minimum atomic E-state index is -0.0825. The van der Waals surface area contributed by atoms with E-state index in [4.69, 9.17) is 29.0 Å². The Labute approximate surface area is 183 Å². The molecule has 1 atom stereocenters. The standard InChI is InChI=1S/C20H21Cl2N5OS/c1-13(7-8-14-5-3-2-4-6-14)24-18(28)12-29-20-26-25-19(27(20)23)16-11-15(21)9-10-17(16)22/h2-6,9-11,13H,7-8,12,23H2,1H3,(H,24,28). The van der Waals surface area contributed by atoms with Crippen molar-refractivity contribution in [3.8, 4) is 11.4 Å². The third-order valence-electron chi connectivity index (χ3n) is 4.28. The first kappa shape index (κ1) is 21.5. The zero-order valence-electron chi connectivity index (χ0n) is 15.8. The van der Waals surface area contributed by atoms with Gasteiger partial charge in [-0.25, -0.2) is 4.68 Å². The van der Waals surface area contributed by atoms with Gasteiger partial charge in [-0.05, 0) is 43.5 Å². The van der Waals surface area contributed by atoms with Crippen LogP contribution in [0.2, 0.25) is 10.0 Å². The number of nitrogens with zero attached hydrogens (tertiary/aromatic N) is 3. The normalized spacial score (nSPS) is 12.0. The molecule has 9 heteroatoms. The van der Waals surface area contributed by atoms with Crippen molar-refractivity contribution in [1.29, 1.82) is 0 Å². The predicted octanol–water partition coefficient (Wildman–Crippen LogP) is 4.20. The Morgan fingerprint density at radius 3 is 2.72 bits per heavy atom. The van der Waals surface area contributed by atoms with Crippen LogP contribution in [0.15, 0.2) is 53.7 Å². The zero-order chi connectivity index (χ0) is 20.8. The van der Waals surface area contributed by atoms with Gasteiger partial charge in [-0.3, -0.25) is 4.79 Å². The van der Waals surface area contributed by atoms with Crippen molar-refractivity contribution in [2.45, 2.75) is 31.0 Å². The van der Waals surface area contributed by atoms with Crippen LogP contribution < -0.4 is 11.2 Å². The predicted molar refractivity (Wildman–Crippen MR) is 119 cm³/mol. The van der Waals surface area contributed by atoms with Crippen LogP contribution in [-0.2, 0) is 11.2 Å². The molecule has 6 nitrogen and oxygen atoms in total. The third kappa shape index (κ3) is 5.88. The molecule has 3 N–H and O–H groups in total. The Morgan fingerprint density at radius 2 is 1.97 bits per heavy atom. The number of rotatable bonds is 8. The van der Waals surface area contributed by atoms with Gasteiger partial charge in [0.15, 0.2) is 5.82 Å². The largest absolute Gasteiger partial charge is 0.353 e. The monoisotopic (exact) mass is 449 g/mol. The highest BCUT2D eigenvalue weighted by Gasteiger charge is 2.17. The van der Waals surface area contributed by atoms with Gasteiger partial charge in [-0.1, -0.05) is 65.3 Å². The summed E-state index contributed by atoms with van der Waals surface area (Å²) in [6, 6.07) is 15.3. The maximum absolute atomic E-state index is 12.3. The van der Waals surface area contributed by atoms with E-state index in [9.17, 15) is 4.79 Å². The van der Waals surface area contributed by atoms with Crippen LogP contribution in [0.1, 0.15) is 18.9 Å². The summed E-state index contributed by atoms with van der Waals surface area (Å²) in [7, 11) is 0. The highest BCUT2D eigenvalue weighted by atomic mass is 35.5. The van der Waals surface area contributed by atoms with Gasteiger partial charge < -0.3 is 11.2 Å². The van der Waals surface area contributed by atoms with E-state index in [0.717, 1.165) is 12.8 Å². The van der Waals surface area contributed by atoms with Gasteiger partial charge in [0.25, 0.3) is 0 Å². The molecule has 1 amide bonds. The van der Waals surface area contributed by atoms with Crippen LogP contribution in [0.5, 0.6) is 0 Å². The molecule has 0 aliphatic carbocycles. The first-order valence-corrected chi connectivity index (χ1v) is 10.8. The van der Waals surface area contributed by atoms with Gasteiger partial charge in [-0.15, -0.1) is 10.2 Å². The molecule has 0 saturated carbocycles. The van der Waals surface area contributed by atoms with Crippen molar-refractivity contribution in [3.63, 3.8) is 0 Å². The molecule has 0 aliphatic rings. The van der Waals surface area contributed by atoms with Crippen LogP contribution in [0.25, 0.3) is 11.4 Å². The highest BCUT2D eigenvalue weighted by Crippen LogP contribution is 2.30. The molecule has 152 valence electrons. The zero-order valence-corrected chi connectivity index (χ0v) is 18.1. The fraction of sp³-hybridized carbons (Fsp3) is 0.250. The third-order valence-corrected chi connectivity index (χ3v) is 5.79. The van der Waals surface area contributed by atoms with Crippen LogP contribution in [0, 0.1) is 0 Å². The molecule has 3 aromatic rings. The second kappa shape index (κ2) is 10.0. The Hall–Kier alpha value is -2.22. The fourth-order valence-electron chi connectivity index (χ4n) is 2.77. The molecule has 0 saturated heterocycles. The Bertz CT molecular complexity index is 980. The number of hydrogen-bond acceptors (Lipinski definition) is 5. The molecular formula is C20H21Cl2N5OS. The number of nitrogens with two attached hydrogens (primary N) is 1. The van der Waals surface area contributed by atoms with Crippen molar-refractivity contribution >= 4 is 40.9 Å². The molecule has 0 aliphatic heterocycles.